The fourth-order valence-corrected chi connectivity index (χ4v) is 1.32. The maximum absolute atomic E-state index is 4.39. The molecule has 0 aliphatic carbocycles. The molecule has 0 N–H and O–H groups in total. The molecule has 0 aromatic heterocycles. The van der Waals surface area contributed by atoms with Crippen LogP contribution in [-0.2, 0) is 6.54 Å². The largest absolute Gasteiger partial charge is 0.278 e. The molecule has 0 atom stereocenters. The Morgan fingerprint density at radius 1 is 1.46 bits per heavy atom. The maximum atomic E-state index is 4.39. The minimum atomic E-state index is 0.757. The SMILES string of the molecule is C=CSC(C)=NCc1ccccc1. The molecule has 13 heavy (non-hydrogen) atoms. The molecule has 1 nitrogen and oxygen atoms in total. The first kappa shape index (κ1) is 10.1. The monoisotopic (exact) mass is 191 g/mol. The Morgan fingerprint density at radius 2 is 2.15 bits per heavy atom. The second-order valence-electron chi connectivity index (χ2n) is 2.61. The van der Waals surface area contributed by atoms with E-state index in [-0.39, 0.29) is 0 Å². The zero-order chi connectivity index (χ0) is 9.52. The summed E-state index contributed by atoms with van der Waals surface area (Å²) in [4.78, 5) is 4.39. The molecule has 0 heterocycles. The van der Waals surface area contributed by atoms with Gasteiger partial charge in [0.15, 0.2) is 0 Å². The Balaban J connectivity index is 2.51. The Bertz CT molecular complexity index is 290. The summed E-state index contributed by atoms with van der Waals surface area (Å²) >= 11 is 1.56. The molecule has 0 fully saturated rings. The fourth-order valence-electron chi connectivity index (χ4n) is 0.944. The van der Waals surface area contributed by atoms with E-state index in [1.165, 1.54) is 5.56 Å². The fraction of sp³-hybridized carbons (Fsp3) is 0.182. The van der Waals surface area contributed by atoms with E-state index < -0.39 is 0 Å². The molecule has 2 heteroatoms. The van der Waals surface area contributed by atoms with Crippen LogP contribution < -0.4 is 0 Å². The molecular formula is C11H13NS. The number of rotatable bonds is 3. The summed E-state index contributed by atoms with van der Waals surface area (Å²) in [5, 5.41) is 2.85. The van der Waals surface area contributed by atoms with Crippen LogP contribution in [0.4, 0.5) is 0 Å². The van der Waals surface area contributed by atoms with Crippen molar-refractivity contribution in [3.05, 3.63) is 47.9 Å². The van der Waals surface area contributed by atoms with Gasteiger partial charge in [-0.1, -0.05) is 48.7 Å². The summed E-state index contributed by atoms with van der Waals surface area (Å²) < 4.78 is 0. The maximum Gasteiger partial charge on any atom is 0.0690 e. The predicted octanol–water partition coefficient (Wildman–Crippen LogP) is 3.48. The first-order chi connectivity index (χ1) is 6.33. The molecule has 0 unspecified atom stereocenters. The minimum Gasteiger partial charge on any atom is -0.278 e. The molecule has 0 radical (unpaired) electrons. The van der Waals surface area contributed by atoms with Gasteiger partial charge in [0.1, 0.15) is 0 Å². The standard InChI is InChI=1S/C11H13NS/c1-3-13-10(2)12-9-11-7-5-4-6-8-11/h3-8H,1,9H2,2H3. The summed E-state index contributed by atoms with van der Waals surface area (Å²) in [7, 11) is 0. The zero-order valence-corrected chi connectivity index (χ0v) is 8.55. The van der Waals surface area contributed by atoms with Crippen molar-refractivity contribution in [2.45, 2.75) is 13.5 Å². The van der Waals surface area contributed by atoms with Crippen LogP contribution in [0.3, 0.4) is 0 Å². The summed E-state index contributed by atoms with van der Waals surface area (Å²) in [6.45, 7) is 6.39. The average molecular weight is 191 g/mol. The average Bonchev–Trinajstić information content (AvgIpc) is 2.17. The number of benzene rings is 1. The van der Waals surface area contributed by atoms with E-state index in [2.05, 4.69) is 23.7 Å². The van der Waals surface area contributed by atoms with Gasteiger partial charge in [-0.25, -0.2) is 0 Å². The van der Waals surface area contributed by atoms with E-state index in [0.717, 1.165) is 11.6 Å². The highest BCUT2D eigenvalue weighted by atomic mass is 32.2. The van der Waals surface area contributed by atoms with Crippen LogP contribution in [-0.4, -0.2) is 5.04 Å². The Kier molecular flexibility index (Phi) is 4.33. The summed E-state index contributed by atoms with van der Waals surface area (Å²) in [5.41, 5.74) is 1.24. The van der Waals surface area contributed by atoms with Gasteiger partial charge < -0.3 is 0 Å². The predicted molar refractivity (Wildman–Crippen MR) is 61.0 cm³/mol. The third-order valence-corrected chi connectivity index (χ3v) is 2.22. The molecule has 1 aromatic carbocycles. The highest BCUT2D eigenvalue weighted by Crippen LogP contribution is 2.06. The van der Waals surface area contributed by atoms with Crippen LogP contribution in [0.2, 0.25) is 0 Å². The molecule has 0 bridgehead atoms. The molecule has 1 rings (SSSR count). The van der Waals surface area contributed by atoms with Gasteiger partial charge in [-0.05, 0) is 17.9 Å². The van der Waals surface area contributed by atoms with Gasteiger partial charge in [0.05, 0.1) is 11.6 Å². The highest BCUT2D eigenvalue weighted by molar-refractivity contribution is 8.16. The number of hydrogen-bond acceptors (Lipinski definition) is 2. The van der Waals surface area contributed by atoms with Crippen LogP contribution in [0.15, 0.2) is 47.3 Å². The van der Waals surface area contributed by atoms with E-state index in [1.54, 1.807) is 17.2 Å². The van der Waals surface area contributed by atoms with Gasteiger partial charge in [0.25, 0.3) is 0 Å². The van der Waals surface area contributed by atoms with E-state index in [0.29, 0.717) is 0 Å². The van der Waals surface area contributed by atoms with Gasteiger partial charge in [0, 0.05) is 0 Å². The van der Waals surface area contributed by atoms with Crippen molar-refractivity contribution < 1.29 is 0 Å². The molecule has 68 valence electrons. The van der Waals surface area contributed by atoms with E-state index in [9.17, 15) is 0 Å². The van der Waals surface area contributed by atoms with E-state index in [4.69, 9.17) is 0 Å². The second-order valence-corrected chi connectivity index (χ2v) is 3.77. The van der Waals surface area contributed by atoms with Crippen molar-refractivity contribution >= 4 is 16.8 Å². The van der Waals surface area contributed by atoms with Crippen molar-refractivity contribution in [2.24, 2.45) is 4.99 Å². The zero-order valence-electron chi connectivity index (χ0n) is 7.73. The van der Waals surface area contributed by atoms with E-state index in [1.807, 2.05) is 25.1 Å². The lowest BCUT2D eigenvalue weighted by Gasteiger charge is -1.97. The molecule has 1 aromatic rings. The van der Waals surface area contributed by atoms with Crippen molar-refractivity contribution in [2.75, 3.05) is 0 Å². The van der Waals surface area contributed by atoms with Gasteiger partial charge >= 0.3 is 0 Å². The Morgan fingerprint density at radius 3 is 2.77 bits per heavy atom. The van der Waals surface area contributed by atoms with Crippen LogP contribution in [0.25, 0.3) is 0 Å². The van der Waals surface area contributed by atoms with Crippen molar-refractivity contribution in [3.8, 4) is 0 Å². The van der Waals surface area contributed by atoms with Crippen LogP contribution in [0.1, 0.15) is 12.5 Å². The third-order valence-electron chi connectivity index (χ3n) is 1.58. The normalized spacial score (nSPS) is 11.3. The smallest absolute Gasteiger partial charge is 0.0690 e. The molecule has 0 saturated heterocycles. The Hall–Kier alpha value is -1.02. The first-order valence-electron chi connectivity index (χ1n) is 4.15. The van der Waals surface area contributed by atoms with Gasteiger partial charge in [-0.2, -0.15) is 0 Å². The molecule has 0 aliphatic heterocycles. The van der Waals surface area contributed by atoms with Crippen LogP contribution in [0.5, 0.6) is 0 Å². The summed E-state index contributed by atoms with van der Waals surface area (Å²) in [6, 6.07) is 10.2. The highest BCUT2D eigenvalue weighted by Gasteiger charge is 1.89. The van der Waals surface area contributed by atoms with Gasteiger partial charge in [-0.15, -0.1) is 0 Å². The van der Waals surface area contributed by atoms with Crippen molar-refractivity contribution in [3.63, 3.8) is 0 Å². The minimum absolute atomic E-state index is 0.757. The molecule has 0 spiro atoms. The number of thioether (sulfide) groups is 1. The second kappa shape index (κ2) is 5.60. The first-order valence-corrected chi connectivity index (χ1v) is 5.03. The van der Waals surface area contributed by atoms with Crippen molar-refractivity contribution in [1.82, 2.24) is 0 Å². The molecule has 0 amide bonds. The lowest BCUT2D eigenvalue weighted by Crippen LogP contribution is -1.85. The topological polar surface area (TPSA) is 12.4 Å². The summed E-state index contributed by atoms with van der Waals surface area (Å²) in [5.74, 6) is 0. The number of aliphatic imine (C=N–C) groups is 1. The molecule has 0 saturated carbocycles. The summed E-state index contributed by atoms with van der Waals surface area (Å²) in [6.07, 6.45) is 0. The van der Waals surface area contributed by atoms with Crippen LogP contribution in [0, 0.1) is 0 Å². The van der Waals surface area contributed by atoms with Crippen molar-refractivity contribution in [1.29, 1.82) is 0 Å². The number of hydrogen-bond donors (Lipinski definition) is 0. The van der Waals surface area contributed by atoms with E-state index >= 15 is 0 Å². The molecular weight excluding hydrogens is 178 g/mol. The lowest BCUT2D eigenvalue weighted by molar-refractivity contribution is 1.07. The van der Waals surface area contributed by atoms with Gasteiger partial charge in [0.2, 0.25) is 0 Å². The lowest BCUT2D eigenvalue weighted by atomic mass is 10.2. The van der Waals surface area contributed by atoms with Crippen LogP contribution >= 0.6 is 11.8 Å². The third kappa shape index (κ3) is 3.95. The van der Waals surface area contributed by atoms with Gasteiger partial charge in [-0.3, -0.25) is 4.99 Å². The Labute approximate surface area is 83.6 Å². The molecule has 0 aliphatic rings. The number of nitrogens with zero attached hydrogens (tertiary/aromatic N) is 1. The quantitative estimate of drug-likeness (QED) is 0.526.